The minimum Gasteiger partial charge on any atom is -0.381 e. The average Bonchev–Trinajstić information content (AvgIpc) is 3.05. The monoisotopic (exact) mass is 238 g/mol. The summed E-state index contributed by atoms with van der Waals surface area (Å²) in [5, 5.41) is 0. The first kappa shape index (κ1) is 11.9. The summed E-state index contributed by atoms with van der Waals surface area (Å²) >= 11 is 0. The van der Waals surface area contributed by atoms with Crippen LogP contribution in [-0.2, 0) is 4.74 Å². The molecule has 2 heterocycles. The van der Waals surface area contributed by atoms with Gasteiger partial charge in [0.2, 0.25) is 0 Å². The Bertz CT molecular complexity index is 242. The number of nitrogens with zero attached hydrogens (tertiary/aromatic N) is 2. The van der Waals surface area contributed by atoms with Crippen LogP contribution in [0.25, 0.3) is 0 Å². The molecule has 0 spiro atoms. The van der Waals surface area contributed by atoms with Crippen molar-refractivity contribution in [3.8, 4) is 0 Å². The first-order valence-corrected chi connectivity index (χ1v) is 7.46. The van der Waals surface area contributed by atoms with E-state index in [9.17, 15) is 0 Å². The molecule has 17 heavy (non-hydrogen) atoms. The van der Waals surface area contributed by atoms with E-state index in [0.717, 1.165) is 25.2 Å². The van der Waals surface area contributed by atoms with Crippen LogP contribution in [0, 0.1) is 5.92 Å². The van der Waals surface area contributed by atoms with Gasteiger partial charge in [0.05, 0.1) is 0 Å². The fourth-order valence-corrected chi connectivity index (χ4v) is 3.18. The van der Waals surface area contributed by atoms with Gasteiger partial charge in [-0.15, -0.1) is 0 Å². The highest BCUT2D eigenvalue weighted by molar-refractivity contribution is 4.86. The van der Waals surface area contributed by atoms with Crippen molar-refractivity contribution in [3.63, 3.8) is 0 Å². The van der Waals surface area contributed by atoms with Crippen LogP contribution >= 0.6 is 0 Å². The maximum atomic E-state index is 5.70. The summed E-state index contributed by atoms with van der Waals surface area (Å²) < 4.78 is 5.70. The lowest BCUT2D eigenvalue weighted by atomic mass is 10.1. The standard InChI is InChI=1S/C14H26N2O/c1-3-14-11-15(8-9-16(14)7-1)6-2-10-17-12-13-4-5-13/h13-14H,1-12H2. The Labute approximate surface area is 105 Å². The van der Waals surface area contributed by atoms with Crippen molar-refractivity contribution in [2.75, 3.05) is 45.9 Å². The normalized spacial score (nSPS) is 30.7. The highest BCUT2D eigenvalue weighted by Crippen LogP contribution is 2.28. The summed E-state index contributed by atoms with van der Waals surface area (Å²) in [5.41, 5.74) is 0. The largest absolute Gasteiger partial charge is 0.381 e. The number of fused-ring (bicyclic) bond motifs is 1. The van der Waals surface area contributed by atoms with Crippen molar-refractivity contribution >= 4 is 0 Å². The zero-order chi connectivity index (χ0) is 11.5. The molecular weight excluding hydrogens is 212 g/mol. The molecule has 1 unspecified atom stereocenters. The predicted molar refractivity (Wildman–Crippen MR) is 69.2 cm³/mol. The molecule has 0 bridgehead atoms. The van der Waals surface area contributed by atoms with E-state index in [-0.39, 0.29) is 0 Å². The Morgan fingerprint density at radius 1 is 1.06 bits per heavy atom. The summed E-state index contributed by atoms with van der Waals surface area (Å²) in [6, 6.07) is 0.871. The van der Waals surface area contributed by atoms with Gasteiger partial charge in [0.15, 0.2) is 0 Å². The summed E-state index contributed by atoms with van der Waals surface area (Å²) in [6.45, 7) is 8.48. The fraction of sp³-hybridized carbons (Fsp3) is 1.00. The van der Waals surface area contributed by atoms with Crippen LogP contribution in [0.1, 0.15) is 32.1 Å². The smallest absolute Gasteiger partial charge is 0.0494 e. The van der Waals surface area contributed by atoms with Crippen LogP contribution in [0.4, 0.5) is 0 Å². The Balaban J connectivity index is 1.27. The molecular formula is C14H26N2O. The number of hydrogen-bond acceptors (Lipinski definition) is 3. The van der Waals surface area contributed by atoms with Gasteiger partial charge in [0.25, 0.3) is 0 Å². The van der Waals surface area contributed by atoms with E-state index in [0.29, 0.717) is 0 Å². The molecule has 0 N–H and O–H groups in total. The molecule has 3 rings (SSSR count). The van der Waals surface area contributed by atoms with Gasteiger partial charge >= 0.3 is 0 Å². The number of rotatable bonds is 6. The molecule has 1 aliphatic carbocycles. The molecule has 98 valence electrons. The second-order valence-electron chi connectivity index (χ2n) is 6.00. The van der Waals surface area contributed by atoms with E-state index in [1.165, 1.54) is 64.8 Å². The molecule has 3 heteroatoms. The Morgan fingerprint density at radius 3 is 2.88 bits per heavy atom. The zero-order valence-corrected chi connectivity index (χ0v) is 10.9. The van der Waals surface area contributed by atoms with E-state index in [2.05, 4.69) is 9.80 Å². The first-order valence-electron chi connectivity index (χ1n) is 7.46. The van der Waals surface area contributed by atoms with Gasteiger partial charge in [-0.1, -0.05) is 0 Å². The Kier molecular flexibility index (Phi) is 3.99. The molecule has 0 radical (unpaired) electrons. The minimum atomic E-state index is 0.871. The molecule has 0 aromatic rings. The number of ether oxygens (including phenoxy) is 1. The lowest BCUT2D eigenvalue weighted by Gasteiger charge is -2.37. The minimum absolute atomic E-state index is 0.871. The topological polar surface area (TPSA) is 15.7 Å². The molecule has 1 atom stereocenters. The molecule has 1 saturated carbocycles. The van der Waals surface area contributed by atoms with Gasteiger partial charge in [0.1, 0.15) is 0 Å². The van der Waals surface area contributed by atoms with Gasteiger partial charge in [-0.25, -0.2) is 0 Å². The van der Waals surface area contributed by atoms with Crippen LogP contribution in [0.2, 0.25) is 0 Å². The molecule has 3 fully saturated rings. The van der Waals surface area contributed by atoms with Crippen molar-refractivity contribution < 1.29 is 4.74 Å². The van der Waals surface area contributed by atoms with Gasteiger partial charge in [-0.2, -0.15) is 0 Å². The van der Waals surface area contributed by atoms with Crippen molar-refractivity contribution in [3.05, 3.63) is 0 Å². The van der Waals surface area contributed by atoms with Gasteiger partial charge in [0, 0.05) is 45.4 Å². The third-order valence-electron chi connectivity index (χ3n) is 4.48. The molecule has 0 amide bonds. The van der Waals surface area contributed by atoms with Crippen molar-refractivity contribution in [1.29, 1.82) is 0 Å². The van der Waals surface area contributed by atoms with Crippen LogP contribution < -0.4 is 0 Å². The maximum absolute atomic E-state index is 5.70. The lowest BCUT2D eigenvalue weighted by Crippen LogP contribution is -2.50. The van der Waals surface area contributed by atoms with Crippen LogP contribution in [0.15, 0.2) is 0 Å². The summed E-state index contributed by atoms with van der Waals surface area (Å²) in [7, 11) is 0. The van der Waals surface area contributed by atoms with Crippen LogP contribution in [0.3, 0.4) is 0 Å². The second-order valence-corrected chi connectivity index (χ2v) is 6.00. The van der Waals surface area contributed by atoms with E-state index in [1.807, 2.05) is 0 Å². The highest BCUT2D eigenvalue weighted by Gasteiger charge is 2.30. The zero-order valence-electron chi connectivity index (χ0n) is 10.9. The molecule has 2 aliphatic heterocycles. The third kappa shape index (κ3) is 3.43. The highest BCUT2D eigenvalue weighted by atomic mass is 16.5. The Hall–Kier alpha value is -0.120. The molecule has 2 saturated heterocycles. The summed E-state index contributed by atoms with van der Waals surface area (Å²) in [6.07, 6.45) is 6.88. The first-order chi connectivity index (χ1) is 8.42. The van der Waals surface area contributed by atoms with Crippen molar-refractivity contribution in [2.24, 2.45) is 5.92 Å². The lowest BCUT2D eigenvalue weighted by molar-refractivity contribution is 0.0810. The van der Waals surface area contributed by atoms with Gasteiger partial charge in [-0.05, 0) is 44.6 Å². The number of hydrogen-bond donors (Lipinski definition) is 0. The molecule has 3 nitrogen and oxygen atoms in total. The molecule has 0 aromatic heterocycles. The third-order valence-corrected chi connectivity index (χ3v) is 4.48. The van der Waals surface area contributed by atoms with E-state index < -0.39 is 0 Å². The fourth-order valence-electron chi connectivity index (χ4n) is 3.18. The van der Waals surface area contributed by atoms with E-state index in [4.69, 9.17) is 4.74 Å². The average molecular weight is 238 g/mol. The van der Waals surface area contributed by atoms with Gasteiger partial charge in [-0.3, -0.25) is 4.90 Å². The maximum Gasteiger partial charge on any atom is 0.0494 e. The quantitative estimate of drug-likeness (QED) is 0.654. The number of piperazine rings is 1. The van der Waals surface area contributed by atoms with Crippen LogP contribution in [-0.4, -0.2) is 61.8 Å². The van der Waals surface area contributed by atoms with E-state index in [1.54, 1.807) is 0 Å². The summed E-state index contributed by atoms with van der Waals surface area (Å²) in [4.78, 5) is 5.33. The van der Waals surface area contributed by atoms with Gasteiger partial charge < -0.3 is 9.64 Å². The van der Waals surface area contributed by atoms with Crippen LogP contribution in [0.5, 0.6) is 0 Å². The van der Waals surface area contributed by atoms with Crippen molar-refractivity contribution in [2.45, 2.75) is 38.1 Å². The van der Waals surface area contributed by atoms with Crippen molar-refractivity contribution in [1.82, 2.24) is 9.80 Å². The SMILES string of the molecule is C(COCC1CC1)CN1CCN2CCCC2C1. The summed E-state index contributed by atoms with van der Waals surface area (Å²) in [5.74, 6) is 0.914. The van der Waals surface area contributed by atoms with E-state index >= 15 is 0 Å². The molecule has 0 aromatic carbocycles. The predicted octanol–water partition coefficient (Wildman–Crippen LogP) is 1.58. The second kappa shape index (κ2) is 5.68. The molecule has 3 aliphatic rings. The Morgan fingerprint density at radius 2 is 2.00 bits per heavy atom.